The van der Waals surface area contributed by atoms with Crippen LogP contribution in [-0.4, -0.2) is 18.3 Å². The van der Waals surface area contributed by atoms with Crippen molar-refractivity contribution in [1.82, 2.24) is 5.32 Å². The Morgan fingerprint density at radius 3 is 2.56 bits per heavy atom. The van der Waals surface area contributed by atoms with E-state index in [2.05, 4.69) is 19.2 Å². The molecule has 1 rings (SSSR count). The summed E-state index contributed by atoms with van der Waals surface area (Å²) >= 11 is 11.7. The summed E-state index contributed by atoms with van der Waals surface area (Å²) in [7, 11) is 0. The first-order chi connectivity index (χ1) is 8.34. The summed E-state index contributed by atoms with van der Waals surface area (Å²) < 4.78 is 0. The molecule has 0 heterocycles. The predicted molar refractivity (Wildman–Crippen MR) is 77.6 cm³/mol. The van der Waals surface area contributed by atoms with Crippen LogP contribution in [-0.2, 0) is 0 Å². The minimum atomic E-state index is -0.0942. The van der Waals surface area contributed by atoms with Gasteiger partial charge >= 0.3 is 0 Å². The third kappa shape index (κ3) is 4.87. The fourth-order valence-electron chi connectivity index (χ4n) is 1.63. The van der Waals surface area contributed by atoms with Gasteiger partial charge in [0.2, 0.25) is 0 Å². The Labute approximate surface area is 119 Å². The van der Waals surface area contributed by atoms with Crippen molar-refractivity contribution in [3.05, 3.63) is 34.3 Å². The van der Waals surface area contributed by atoms with Gasteiger partial charge in [0, 0.05) is 23.0 Å². The van der Waals surface area contributed by atoms with Gasteiger partial charge in [-0.25, -0.2) is 0 Å². The van der Waals surface area contributed by atoms with Gasteiger partial charge in [-0.15, -0.1) is 11.6 Å². The van der Waals surface area contributed by atoms with Crippen molar-refractivity contribution < 1.29 is 4.79 Å². The molecule has 0 aliphatic heterocycles. The molecule has 100 valence electrons. The summed E-state index contributed by atoms with van der Waals surface area (Å²) in [5.74, 6) is 0.502. The molecular weight excluding hydrogens is 269 g/mol. The summed E-state index contributed by atoms with van der Waals surface area (Å²) in [5, 5.41) is 3.51. The lowest BCUT2D eigenvalue weighted by molar-refractivity contribution is 0.0935. The van der Waals surface area contributed by atoms with Crippen LogP contribution >= 0.6 is 23.2 Å². The average Bonchev–Trinajstić information content (AvgIpc) is 2.24. The first-order valence-corrected chi connectivity index (χ1v) is 6.87. The van der Waals surface area contributed by atoms with Gasteiger partial charge in [-0.3, -0.25) is 4.79 Å². The maximum Gasteiger partial charge on any atom is 0.251 e. The van der Waals surface area contributed by atoms with Crippen molar-refractivity contribution in [1.29, 1.82) is 0 Å². The zero-order valence-corrected chi connectivity index (χ0v) is 12.5. The summed E-state index contributed by atoms with van der Waals surface area (Å²) in [6.07, 6.45) is 0.864. The normalized spacial score (nSPS) is 11.4. The Bertz CT molecular complexity index is 410. The molecule has 0 aliphatic carbocycles. The van der Waals surface area contributed by atoms with Gasteiger partial charge in [-0.2, -0.15) is 0 Å². The van der Waals surface area contributed by atoms with Crippen LogP contribution in [0, 0.1) is 12.3 Å². The number of halogens is 2. The SMILES string of the molecule is Cc1cc(Cl)cc(C(=O)NCC(C)(C)CCCl)c1. The summed E-state index contributed by atoms with van der Waals surface area (Å²) in [6.45, 7) is 6.68. The number of carbonyl (C=O) groups excluding carboxylic acids is 1. The van der Waals surface area contributed by atoms with E-state index >= 15 is 0 Å². The third-order valence-electron chi connectivity index (χ3n) is 2.80. The van der Waals surface area contributed by atoms with Crippen molar-refractivity contribution in [2.75, 3.05) is 12.4 Å². The number of aryl methyl sites for hydroxylation is 1. The largest absolute Gasteiger partial charge is 0.352 e. The van der Waals surface area contributed by atoms with Crippen LogP contribution in [0.3, 0.4) is 0 Å². The van der Waals surface area contributed by atoms with Crippen LogP contribution in [0.2, 0.25) is 5.02 Å². The lowest BCUT2D eigenvalue weighted by Gasteiger charge is -2.23. The second-order valence-corrected chi connectivity index (χ2v) is 6.12. The summed E-state index contributed by atoms with van der Waals surface area (Å²) in [6, 6.07) is 5.34. The zero-order chi connectivity index (χ0) is 13.8. The van der Waals surface area contributed by atoms with Gasteiger partial charge in [0.05, 0.1) is 0 Å². The number of carbonyl (C=O) groups is 1. The molecule has 0 fully saturated rings. The Hall–Kier alpha value is -0.730. The molecule has 1 aromatic rings. The molecule has 2 nitrogen and oxygen atoms in total. The first-order valence-electron chi connectivity index (χ1n) is 5.95. The number of hydrogen-bond acceptors (Lipinski definition) is 1. The fraction of sp³-hybridized carbons (Fsp3) is 0.500. The quantitative estimate of drug-likeness (QED) is 0.814. The average molecular weight is 288 g/mol. The van der Waals surface area contributed by atoms with E-state index in [9.17, 15) is 4.79 Å². The topological polar surface area (TPSA) is 29.1 Å². The predicted octanol–water partition coefficient (Wildman–Crippen LogP) is 4.03. The van der Waals surface area contributed by atoms with E-state index in [1.807, 2.05) is 19.1 Å². The molecule has 0 aliphatic rings. The van der Waals surface area contributed by atoms with Gasteiger partial charge in [-0.05, 0) is 42.5 Å². The van der Waals surface area contributed by atoms with Crippen molar-refractivity contribution in [2.45, 2.75) is 27.2 Å². The number of benzene rings is 1. The van der Waals surface area contributed by atoms with Crippen molar-refractivity contribution >= 4 is 29.1 Å². The molecular formula is C14H19Cl2NO. The number of hydrogen-bond donors (Lipinski definition) is 1. The van der Waals surface area contributed by atoms with Crippen LogP contribution < -0.4 is 5.32 Å². The number of nitrogens with one attached hydrogen (secondary N) is 1. The first kappa shape index (κ1) is 15.3. The molecule has 0 bridgehead atoms. The van der Waals surface area contributed by atoms with Crippen molar-refractivity contribution in [3.63, 3.8) is 0 Å². The van der Waals surface area contributed by atoms with E-state index in [0.717, 1.165) is 12.0 Å². The Balaban J connectivity index is 2.66. The van der Waals surface area contributed by atoms with Crippen LogP contribution in [0.15, 0.2) is 18.2 Å². The maximum atomic E-state index is 12.0. The van der Waals surface area contributed by atoms with Gasteiger partial charge in [0.15, 0.2) is 0 Å². The van der Waals surface area contributed by atoms with E-state index in [4.69, 9.17) is 23.2 Å². The number of rotatable bonds is 5. The minimum absolute atomic E-state index is 0.00499. The van der Waals surface area contributed by atoms with Crippen molar-refractivity contribution in [2.24, 2.45) is 5.41 Å². The van der Waals surface area contributed by atoms with Gasteiger partial charge in [0.25, 0.3) is 5.91 Å². The number of alkyl halides is 1. The van der Waals surface area contributed by atoms with Crippen molar-refractivity contribution in [3.8, 4) is 0 Å². The smallest absolute Gasteiger partial charge is 0.251 e. The third-order valence-corrected chi connectivity index (χ3v) is 3.21. The van der Waals surface area contributed by atoms with Crippen LogP contribution in [0.5, 0.6) is 0 Å². The fourth-order valence-corrected chi connectivity index (χ4v) is 2.43. The van der Waals surface area contributed by atoms with Crippen LogP contribution in [0.1, 0.15) is 36.2 Å². The Kier molecular flexibility index (Phi) is 5.48. The summed E-state index contributed by atoms with van der Waals surface area (Å²) in [5.41, 5.74) is 1.58. The second kappa shape index (κ2) is 6.44. The Morgan fingerprint density at radius 1 is 1.33 bits per heavy atom. The number of amides is 1. The van der Waals surface area contributed by atoms with E-state index in [-0.39, 0.29) is 11.3 Å². The highest BCUT2D eigenvalue weighted by Gasteiger charge is 2.18. The molecule has 1 amide bonds. The van der Waals surface area contributed by atoms with Gasteiger partial charge in [-0.1, -0.05) is 25.4 Å². The van der Waals surface area contributed by atoms with Gasteiger partial charge < -0.3 is 5.32 Å². The highest BCUT2D eigenvalue weighted by atomic mass is 35.5. The van der Waals surface area contributed by atoms with E-state index < -0.39 is 0 Å². The van der Waals surface area contributed by atoms with E-state index in [1.54, 1.807) is 6.07 Å². The molecule has 4 heteroatoms. The van der Waals surface area contributed by atoms with Crippen LogP contribution in [0.4, 0.5) is 0 Å². The highest BCUT2D eigenvalue weighted by Crippen LogP contribution is 2.20. The Morgan fingerprint density at radius 2 is 2.00 bits per heavy atom. The molecule has 0 saturated heterocycles. The molecule has 0 aromatic heterocycles. The zero-order valence-electron chi connectivity index (χ0n) is 11.0. The minimum Gasteiger partial charge on any atom is -0.352 e. The second-order valence-electron chi connectivity index (χ2n) is 5.30. The lowest BCUT2D eigenvalue weighted by atomic mass is 9.90. The molecule has 0 atom stereocenters. The van der Waals surface area contributed by atoms with E-state index in [1.165, 1.54) is 0 Å². The lowest BCUT2D eigenvalue weighted by Crippen LogP contribution is -2.34. The standard InChI is InChI=1S/C14H19Cl2NO/c1-10-6-11(8-12(16)7-10)13(18)17-9-14(2,3)4-5-15/h6-8H,4-5,9H2,1-3H3,(H,17,18). The maximum absolute atomic E-state index is 12.0. The van der Waals surface area contributed by atoms with E-state index in [0.29, 0.717) is 23.0 Å². The van der Waals surface area contributed by atoms with Crippen LogP contribution in [0.25, 0.3) is 0 Å². The molecule has 1 aromatic carbocycles. The molecule has 0 unspecified atom stereocenters. The molecule has 0 saturated carbocycles. The molecule has 0 radical (unpaired) electrons. The van der Waals surface area contributed by atoms with Gasteiger partial charge in [0.1, 0.15) is 0 Å². The highest BCUT2D eigenvalue weighted by molar-refractivity contribution is 6.31. The molecule has 1 N–H and O–H groups in total. The molecule has 0 spiro atoms. The molecule has 18 heavy (non-hydrogen) atoms. The summed E-state index contributed by atoms with van der Waals surface area (Å²) in [4.78, 5) is 12.0. The monoisotopic (exact) mass is 287 g/mol.